The summed E-state index contributed by atoms with van der Waals surface area (Å²) in [4.78, 5) is 12.7. The molecule has 2 rings (SSSR count). The molecule has 0 amide bonds. The molecule has 1 aliphatic rings. The van der Waals surface area contributed by atoms with E-state index in [0.717, 1.165) is 6.92 Å². The van der Waals surface area contributed by atoms with Crippen molar-refractivity contribution in [2.45, 2.75) is 90.1 Å². The summed E-state index contributed by atoms with van der Waals surface area (Å²) in [6, 6.07) is 2.52. The average Bonchev–Trinajstić information content (AvgIpc) is 2.98. The van der Waals surface area contributed by atoms with Crippen LogP contribution < -0.4 is 4.74 Å². The van der Waals surface area contributed by atoms with Crippen LogP contribution in [0, 0.1) is 11.7 Å². The van der Waals surface area contributed by atoms with Crippen molar-refractivity contribution >= 4 is 14.3 Å². The zero-order valence-electron chi connectivity index (χ0n) is 21.4. The van der Waals surface area contributed by atoms with Crippen LogP contribution in [0.1, 0.15) is 58.6 Å². The first kappa shape index (κ1) is 28.6. The Kier molecular flexibility index (Phi) is 8.22. The van der Waals surface area contributed by atoms with Crippen molar-refractivity contribution < 1.29 is 41.0 Å². The highest BCUT2D eigenvalue weighted by Crippen LogP contribution is 2.55. The van der Waals surface area contributed by atoms with Gasteiger partial charge < -0.3 is 18.6 Å². The van der Waals surface area contributed by atoms with Gasteiger partial charge in [0.2, 0.25) is 0 Å². The van der Waals surface area contributed by atoms with Crippen LogP contribution in [0.2, 0.25) is 18.1 Å². The van der Waals surface area contributed by atoms with Crippen molar-refractivity contribution in [3.05, 3.63) is 29.1 Å². The first-order valence-electron chi connectivity index (χ1n) is 11.3. The lowest BCUT2D eigenvalue weighted by Gasteiger charge is -2.36. The summed E-state index contributed by atoms with van der Waals surface area (Å²) in [6.45, 7) is 13.9. The second kappa shape index (κ2) is 9.77. The second-order valence-electron chi connectivity index (χ2n) is 10.4. The smallest absolute Gasteiger partial charge is 0.417 e. The molecule has 194 valence electrons. The molecule has 0 aromatic heterocycles. The van der Waals surface area contributed by atoms with Gasteiger partial charge in [0.05, 0.1) is 25.9 Å². The summed E-state index contributed by atoms with van der Waals surface area (Å²) in [6.07, 6.45) is -6.27. The average molecular weight is 509 g/mol. The van der Waals surface area contributed by atoms with E-state index in [-0.39, 0.29) is 35.1 Å². The summed E-state index contributed by atoms with van der Waals surface area (Å²) < 4.78 is 79.1. The molecule has 1 aromatic rings. The van der Waals surface area contributed by atoms with Crippen LogP contribution in [0.4, 0.5) is 17.6 Å². The summed E-state index contributed by atoms with van der Waals surface area (Å²) in [5, 5.41) is -0.133. The van der Waals surface area contributed by atoms with Crippen molar-refractivity contribution in [3.8, 4) is 5.75 Å². The maximum atomic E-state index is 14.9. The molecule has 5 nitrogen and oxygen atoms in total. The van der Waals surface area contributed by atoms with E-state index in [1.165, 1.54) is 26.2 Å². The lowest BCUT2D eigenvalue weighted by molar-refractivity contribution is -0.274. The molecule has 0 bridgehead atoms. The second-order valence-corrected chi connectivity index (χ2v) is 15.2. The number of methoxy groups -OCH3 is 1. The molecule has 0 N–H and O–H groups in total. The van der Waals surface area contributed by atoms with Crippen LogP contribution >= 0.6 is 0 Å². The molecule has 1 heterocycles. The third-order valence-corrected chi connectivity index (χ3v) is 11.8. The first-order chi connectivity index (χ1) is 15.4. The number of halogens is 4. The fourth-order valence-corrected chi connectivity index (χ4v) is 4.89. The van der Waals surface area contributed by atoms with Gasteiger partial charge in [0, 0.05) is 17.4 Å². The van der Waals surface area contributed by atoms with Crippen molar-refractivity contribution in [1.29, 1.82) is 0 Å². The van der Waals surface area contributed by atoms with Gasteiger partial charge in [0.25, 0.3) is 0 Å². The molecule has 10 heteroatoms. The van der Waals surface area contributed by atoms with Gasteiger partial charge >= 0.3 is 12.1 Å². The van der Waals surface area contributed by atoms with Crippen LogP contribution in [-0.4, -0.2) is 45.9 Å². The van der Waals surface area contributed by atoms with E-state index in [2.05, 4.69) is 0 Å². The van der Waals surface area contributed by atoms with E-state index in [1.54, 1.807) is 6.92 Å². The highest BCUT2D eigenvalue weighted by atomic mass is 28.4. The van der Waals surface area contributed by atoms with E-state index in [4.69, 9.17) is 18.6 Å². The summed E-state index contributed by atoms with van der Waals surface area (Å²) >= 11 is 0. The fourth-order valence-electron chi connectivity index (χ4n) is 3.95. The number of benzene rings is 1. The zero-order valence-corrected chi connectivity index (χ0v) is 22.4. The lowest BCUT2D eigenvalue weighted by Crippen LogP contribution is -2.47. The van der Waals surface area contributed by atoms with Gasteiger partial charge in [-0.3, -0.25) is 0 Å². The number of esters is 1. The van der Waals surface area contributed by atoms with E-state index < -0.39 is 49.8 Å². The number of rotatable bonds is 7. The summed E-state index contributed by atoms with van der Waals surface area (Å²) in [7, 11) is -0.952. The Morgan fingerprint density at radius 3 is 2.26 bits per heavy atom. The third-order valence-electron chi connectivity index (χ3n) is 7.37. The Hall–Kier alpha value is -1.65. The molecule has 4 unspecified atom stereocenters. The number of alkyl halides is 3. The lowest BCUT2D eigenvalue weighted by atomic mass is 9.76. The topological polar surface area (TPSA) is 54.0 Å². The highest BCUT2D eigenvalue weighted by molar-refractivity contribution is 6.74. The van der Waals surface area contributed by atoms with Crippen molar-refractivity contribution in [1.82, 2.24) is 0 Å². The summed E-state index contributed by atoms with van der Waals surface area (Å²) in [5.41, 5.74) is -2.26. The minimum absolute atomic E-state index is 0.0192. The zero-order chi connectivity index (χ0) is 26.3. The molecule has 1 aliphatic heterocycles. The van der Waals surface area contributed by atoms with Crippen LogP contribution in [0.25, 0.3) is 0 Å². The minimum atomic E-state index is -4.74. The number of hydrogen-bond donors (Lipinski definition) is 0. The van der Waals surface area contributed by atoms with Gasteiger partial charge in [0.1, 0.15) is 11.6 Å². The van der Waals surface area contributed by atoms with Gasteiger partial charge in [-0.05, 0) is 38.0 Å². The SMILES string of the molecule is CCOC(=O)C1OC(C)(C(F)(F)F)C(C)C1c1ccc(F)c(CO[Si](C)(C)C(C)(C)C)c1OC. The largest absolute Gasteiger partial charge is 0.496 e. The number of ether oxygens (including phenoxy) is 3. The molecular formula is C24H36F4O5Si. The molecule has 1 fully saturated rings. The molecule has 0 saturated carbocycles. The van der Waals surface area contributed by atoms with Crippen LogP contribution in [0.15, 0.2) is 12.1 Å². The Morgan fingerprint density at radius 1 is 1.21 bits per heavy atom. The Balaban J connectivity index is 2.61. The van der Waals surface area contributed by atoms with E-state index in [1.807, 2.05) is 33.9 Å². The van der Waals surface area contributed by atoms with Crippen molar-refractivity contribution in [2.75, 3.05) is 13.7 Å². The number of hydrogen-bond acceptors (Lipinski definition) is 5. The number of carbonyl (C=O) groups is 1. The fraction of sp³-hybridized carbons (Fsp3) is 0.708. The van der Waals surface area contributed by atoms with Crippen LogP contribution in [0.5, 0.6) is 5.75 Å². The van der Waals surface area contributed by atoms with Crippen molar-refractivity contribution in [2.24, 2.45) is 5.92 Å². The molecule has 34 heavy (non-hydrogen) atoms. The molecular weight excluding hydrogens is 472 g/mol. The molecule has 0 radical (unpaired) electrons. The van der Waals surface area contributed by atoms with Crippen LogP contribution in [0.3, 0.4) is 0 Å². The van der Waals surface area contributed by atoms with Gasteiger partial charge in [-0.1, -0.05) is 33.8 Å². The molecule has 1 saturated heterocycles. The first-order valence-corrected chi connectivity index (χ1v) is 14.2. The summed E-state index contributed by atoms with van der Waals surface area (Å²) in [5.74, 6) is -3.71. The van der Waals surface area contributed by atoms with Gasteiger partial charge in [-0.25, -0.2) is 9.18 Å². The Bertz CT molecular complexity index is 897. The molecule has 0 aliphatic carbocycles. The molecule has 0 spiro atoms. The highest BCUT2D eigenvalue weighted by Gasteiger charge is 2.66. The van der Waals surface area contributed by atoms with Crippen molar-refractivity contribution in [3.63, 3.8) is 0 Å². The van der Waals surface area contributed by atoms with E-state index >= 15 is 0 Å². The maximum Gasteiger partial charge on any atom is 0.417 e. The Labute approximate surface area is 200 Å². The standard InChI is InChI=1S/C24H36F4O5Si/c1-10-31-21(29)20-18(14(2)23(6,33-20)24(26,27)28)15-11-12-17(25)16(19(15)30-7)13-32-34(8,9)22(3,4)5/h11-12,14,18,20H,10,13H2,1-9H3. The number of carbonyl (C=O) groups excluding carboxylic acids is 1. The van der Waals surface area contributed by atoms with Gasteiger partial charge in [0.15, 0.2) is 20.0 Å². The van der Waals surface area contributed by atoms with E-state index in [9.17, 15) is 22.4 Å². The quantitative estimate of drug-likeness (QED) is 0.244. The molecule has 1 aromatic carbocycles. The van der Waals surface area contributed by atoms with Gasteiger partial charge in [-0.2, -0.15) is 13.2 Å². The Morgan fingerprint density at radius 2 is 1.79 bits per heavy atom. The predicted octanol–water partition coefficient (Wildman–Crippen LogP) is 6.36. The third kappa shape index (κ3) is 5.13. The normalized spacial score (nSPS) is 26.0. The maximum absolute atomic E-state index is 14.9. The monoisotopic (exact) mass is 508 g/mol. The van der Waals surface area contributed by atoms with Crippen LogP contribution in [-0.2, 0) is 25.3 Å². The minimum Gasteiger partial charge on any atom is -0.496 e. The van der Waals surface area contributed by atoms with Gasteiger partial charge in [-0.15, -0.1) is 0 Å². The molecule has 4 atom stereocenters. The predicted molar refractivity (Wildman–Crippen MR) is 123 cm³/mol. The van der Waals surface area contributed by atoms with E-state index in [0.29, 0.717) is 0 Å².